The van der Waals surface area contributed by atoms with Gasteiger partial charge in [-0.05, 0) is 70.4 Å². The molecular formula is C22H30ClN3O. The van der Waals surface area contributed by atoms with Crippen LogP contribution in [0.25, 0.3) is 0 Å². The molecule has 0 aliphatic carbocycles. The van der Waals surface area contributed by atoms with E-state index in [1.165, 1.54) is 0 Å². The molecule has 1 fully saturated rings. The number of amides is 1. The minimum absolute atomic E-state index is 0.00963. The number of benzene rings is 1. The Morgan fingerprint density at radius 2 is 1.70 bits per heavy atom. The SMILES string of the molecule is CC1(C)CC(NC(=O)CC(c2ccc(Cl)cc2)n2cccc2)CC(C)(C)N1. The number of nitrogens with one attached hydrogen (secondary N) is 2. The van der Waals surface area contributed by atoms with Crippen molar-refractivity contribution in [3.63, 3.8) is 0 Å². The molecule has 1 aromatic carbocycles. The Balaban J connectivity index is 1.72. The summed E-state index contributed by atoms with van der Waals surface area (Å²) in [6.07, 6.45) is 6.27. The van der Waals surface area contributed by atoms with Crippen LogP contribution in [-0.4, -0.2) is 27.6 Å². The molecule has 2 N–H and O–H groups in total. The van der Waals surface area contributed by atoms with Crippen LogP contribution in [0.3, 0.4) is 0 Å². The van der Waals surface area contributed by atoms with Crippen molar-refractivity contribution in [3.05, 3.63) is 59.4 Å². The molecule has 1 aliphatic heterocycles. The van der Waals surface area contributed by atoms with Crippen LogP contribution in [0.4, 0.5) is 0 Å². The fourth-order valence-corrected chi connectivity index (χ4v) is 4.65. The summed E-state index contributed by atoms with van der Waals surface area (Å²) < 4.78 is 2.08. The van der Waals surface area contributed by atoms with Crippen LogP contribution in [0.1, 0.15) is 58.6 Å². The quantitative estimate of drug-likeness (QED) is 0.790. The lowest BCUT2D eigenvalue weighted by molar-refractivity contribution is -0.122. The Hall–Kier alpha value is -1.78. The molecule has 1 aliphatic rings. The fourth-order valence-electron chi connectivity index (χ4n) is 4.52. The summed E-state index contributed by atoms with van der Waals surface area (Å²) in [5, 5.41) is 7.65. The van der Waals surface area contributed by atoms with Crippen molar-refractivity contribution in [3.8, 4) is 0 Å². The van der Waals surface area contributed by atoms with Crippen molar-refractivity contribution in [2.75, 3.05) is 0 Å². The normalized spacial score (nSPS) is 20.2. The van der Waals surface area contributed by atoms with E-state index in [0.717, 1.165) is 18.4 Å². The predicted molar refractivity (Wildman–Crippen MR) is 111 cm³/mol. The van der Waals surface area contributed by atoms with E-state index in [1.54, 1.807) is 0 Å². The summed E-state index contributed by atoms with van der Waals surface area (Å²) in [5.41, 5.74) is 1.10. The highest BCUT2D eigenvalue weighted by Crippen LogP contribution is 2.29. The number of hydrogen-bond donors (Lipinski definition) is 2. The van der Waals surface area contributed by atoms with Crippen molar-refractivity contribution >= 4 is 17.5 Å². The van der Waals surface area contributed by atoms with Crippen LogP contribution in [-0.2, 0) is 4.79 Å². The van der Waals surface area contributed by atoms with Crippen molar-refractivity contribution in [2.45, 2.75) is 70.1 Å². The van der Waals surface area contributed by atoms with Gasteiger partial charge in [0.1, 0.15) is 0 Å². The van der Waals surface area contributed by atoms with Gasteiger partial charge in [-0.15, -0.1) is 0 Å². The highest BCUT2D eigenvalue weighted by atomic mass is 35.5. The van der Waals surface area contributed by atoms with Gasteiger partial charge >= 0.3 is 0 Å². The van der Waals surface area contributed by atoms with Gasteiger partial charge < -0.3 is 15.2 Å². The van der Waals surface area contributed by atoms with E-state index in [1.807, 2.05) is 48.8 Å². The second-order valence-corrected chi connectivity index (χ2v) is 9.40. The Labute approximate surface area is 167 Å². The van der Waals surface area contributed by atoms with E-state index in [9.17, 15) is 4.79 Å². The number of halogens is 1. The number of hydrogen-bond acceptors (Lipinski definition) is 2. The molecule has 0 bridgehead atoms. The van der Waals surface area contributed by atoms with Gasteiger partial charge in [-0.2, -0.15) is 0 Å². The van der Waals surface area contributed by atoms with E-state index in [2.05, 4.69) is 42.9 Å². The van der Waals surface area contributed by atoms with E-state index < -0.39 is 0 Å². The second kappa shape index (κ2) is 7.69. The summed E-state index contributed by atoms with van der Waals surface area (Å²) in [6.45, 7) is 8.79. The summed E-state index contributed by atoms with van der Waals surface area (Å²) in [6, 6.07) is 11.9. The molecule has 2 aromatic rings. The third kappa shape index (κ3) is 5.36. The van der Waals surface area contributed by atoms with Crippen LogP contribution in [0.2, 0.25) is 5.02 Å². The molecule has 0 saturated carbocycles. The first-order chi connectivity index (χ1) is 12.6. The van der Waals surface area contributed by atoms with Crippen molar-refractivity contribution in [1.82, 2.24) is 15.2 Å². The number of aromatic nitrogens is 1. The number of carbonyl (C=O) groups excluding carboxylic acids is 1. The minimum atomic E-state index is -0.0417. The zero-order valence-corrected chi connectivity index (χ0v) is 17.4. The van der Waals surface area contributed by atoms with Gasteiger partial charge in [-0.1, -0.05) is 23.7 Å². The molecule has 3 rings (SSSR count). The maximum Gasteiger partial charge on any atom is 0.222 e. The topological polar surface area (TPSA) is 46.1 Å². The Morgan fingerprint density at radius 3 is 2.26 bits per heavy atom. The maximum atomic E-state index is 12.9. The van der Waals surface area contributed by atoms with Crippen molar-refractivity contribution in [1.29, 1.82) is 0 Å². The van der Waals surface area contributed by atoms with E-state index in [4.69, 9.17) is 11.6 Å². The number of rotatable bonds is 5. The van der Waals surface area contributed by atoms with Gasteiger partial charge in [-0.25, -0.2) is 0 Å². The molecule has 2 heterocycles. The second-order valence-electron chi connectivity index (χ2n) is 8.97. The molecule has 1 unspecified atom stereocenters. The van der Waals surface area contributed by atoms with Gasteiger partial charge in [0.2, 0.25) is 5.91 Å². The minimum Gasteiger partial charge on any atom is -0.353 e. The third-order valence-corrected chi connectivity index (χ3v) is 5.43. The molecule has 5 heteroatoms. The van der Waals surface area contributed by atoms with Crippen molar-refractivity contribution in [2.24, 2.45) is 0 Å². The largest absolute Gasteiger partial charge is 0.353 e. The van der Waals surface area contributed by atoms with E-state index in [0.29, 0.717) is 11.4 Å². The lowest BCUT2D eigenvalue weighted by Crippen LogP contribution is -2.62. The first-order valence-electron chi connectivity index (χ1n) is 9.60. The summed E-state index contributed by atoms with van der Waals surface area (Å²) in [4.78, 5) is 12.9. The molecule has 4 nitrogen and oxygen atoms in total. The number of nitrogens with zero attached hydrogens (tertiary/aromatic N) is 1. The Morgan fingerprint density at radius 1 is 1.15 bits per heavy atom. The molecule has 1 amide bonds. The molecular weight excluding hydrogens is 358 g/mol. The summed E-state index contributed by atoms with van der Waals surface area (Å²) in [7, 11) is 0. The molecule has 1 aromatic heterocycles. The lowest BCUT2D eigenvalue weighted by atomic mass is 9.79. The van der Waals surface area contributed by atoms with Gasteiger partial charge in [0.25, 0.3) is 0 Å². The average Bonchev–Trinajstić information content (AvgIpc) is 3.04. The maximum absolute atomic E-state index is 12.9. The smallest absolute Gasteiger partial charge is 0.222 e. The third-order valence-electron chi connectivity index (χ3n) is 5.18. The van der Waals surface area contributed by atoms with E-state index in [-0.39, 0.29) is 29.1 Å². The Kier molecular flexibility index (Phi) is 5.68. The van der Waals surface area contributed by atoms with Crippen molar-refractivity contribution < 1.29 is 4.79 Å². The number of piperidine rings is 1. The van der Waals surface area contributed by atoms with Gasteiger partial charge in [-0.3, -0.25) is 4.79 Å². The fraction of sp³-hybridized carbons (Fsp3) is 0.500. The summed E-state index contributed by atoms with van der Waals surface area (Å²) >= 11 is 6.04. The first-order valence-corrected chi connectivity index (χ1v) is 9.98. The lowest BCUT2D eigenvalue weighted by Gasteiger charge is -2.46. The zero-order valence-electron chi connectivity index (χ0n) is 16.6. The molecule has 146 valence electrons. The highest BCUT2D eigenvalue weighted by Gasteiger charge is 2.38. The van der Waals surface area contributed by atoms with Crippen LogP contribution in [0.15, 0.2) is 48.8 Å². The molecule has 27 heavy (non-hydrogen) atoms. The van der Waals surface area contributed by atoms with Gasteiger partial charge in [0, 0.05) is 34.5 Å². The highest BCUT2D eigenvalue weighted by molar-refractivity contribution is 6.30. The average molecular weight is 388 g/mol. The first kappa shape index (κ1) is 20.0. The zero-order chi connectivity index (χ0) is 19.7. The van der Waals surface area contributed by atoms with Crippen LogP contribution in [0, 0.1) is 0 Å². The predicted octanol–water partition coefficient (Wildman–Crippen LogP) is 4.55. The Bertz CT molecular complexity index is 749. The monoisotopic (exact) mass is 387 g/mol. The molecule has 0 radical (unpaired) electrons. The standard InChI is InChI=1S/C22H30ClN3O/c1-21(2)14-18(15-22(3,4)25-21)24-20(27)13-19(26-11-5-6-12-26)16-7-9-17(23)10-8-16/h5-12,18-19,25H,13-15H2,1-4H3,(H,24,27). The number of carbonyl (C=O) groups is 1. The van der Waals surface area contributed by atoms with Gasteiger partial charge in [0.05, 0.1) is 12.5 Å². The van der Waals surface area contributed by atoms with Crippen LogP contribution in [0.5, 0.6) is 0 Å². The van der Waals surface area contributed by atoms with Gasteiger partial charge in [0.15, 0.2) is 0 Å². The molecule has 0 spiro atoms. The summed E-state index contributed by atoms with van der Waals surface area (Å²) in [5.74, 6) is 0.0853. The van der Waals surface area contributed by atoms with E-state index >= 15 is 0 Å². The van der Waals surface area contributed by atoms with Crippen LogP contribution >= 0.6 is 11.6 Å². The van der Waals surface area contributed by atoms with Crippen LogP contribution < -0.4 is 10.6 Å². The molecule has 1 atom stereocenters. The molecule has 1 saturated heterocycles.